The maximum Gasteiger partial charge on any atom is 0.270 e. The van der Waals surface area contributed by atoms with Gasteiger partial charge in [0.1, 0.15) is 5.75 Å². The van der Waals surface area contributed by atoms with Gasteiger partial charge in [-0.25, -0.2) is 4.98 Å². The number of aromatic hydroxyl groups is 1. The van der Waals surface area contributed by atoms with Crippen molar-refractivity contribution in [2.45, 2.75) is 0 Å². The maximum atomic E-state index is 11.0. The van der Waals surface area contributed by atoms with Crippen molar-refractivity contribution in [3.05, 3.63) is 88.0 Å². The van der Waals surface area contributed by atoms with Crippen LogP contribution in [0.5, 0.6) is 5.75 Å². The highest BCUT2D eigenvalue weighted by Gasteiger charge is 2.10. The first-order valence-corrected chi connectivity index (χ1v) is 8.06. The van der Waals surface area contributed by atoms with Crippen LogP contribution in [0.4, 0.5) is 5.69 Å². The lowest BCUT2D eigenvalue weighted by Gasteiger charge is -2.07. The Hall–Kier alpha value is -3.73. The van der Waals surface area contributed by atoms with Gasteiger partial charge in [0.2, 0.25) is 0 Å². The van der Waals surface area contributed by atoms with Gasteiger partial charge in [-0.15, -0.1) is 0 Å². The van der Waals surface area contributed by atoms with E-state index in [-0.39, 0.29) is 11.4 Å². The first kappa shape index (κ1) is 15.8. The lowest BCUT2D eigenvalue weighted by molar-refractivity contribution is -0.384. The second kappa shape index (κ2) is 6.29. The van der Waals surface area contributed by atoms with Crippen molar-refractivity contribution in [1.82, 2.24) is 4.98 Å². The zero-order chi connectivity index (χ0) is 18.1. The second-order valence-corrected chi connectivity index (χ2v) is 5.89. The summed E-state index contributed by atoms with van der Waals surface area (Å²) in [5.74, 6) is -0.00508. The molecular weight excluding hydrogens is 328 g/mol. The Morgan fingerprint density at radius 2 is 1.50 bits per heavy atom. The third-order valence-electron chi connectivity index (χ3n) is 4.28. The molecule has 3 aromatic carbocycles. The van der Waals surface area contributed by atoms with Crippen LogP contribution in [0.2, 0.25) is 0 Å². The minimum absolute atomic E-state index is 0.00508. The Morgan fingerprint density at radius 1 is 0.885 bits per heavy atom. The molecule has 5 nitrogen and oxygen atoms in total. The summed E-state index contributed by atoms with van der Waals surface area (Å²) in [5.41, 5.74) is 3.02. The van der Waals surface area contributed by atoms with Gasteiger partial charge in [0.05, 0.1) is 16.0 Å². The molecule has 0 spiro atoms. The van der Waals surface area contributed by atoms with Gasteiger partial charge in [0.25, 0.3) is 5.69 Å². The Labute approximate surface area is 149 Å². The van der Waals surface area contributed by atoms with E-state index in [9.17, 15) is 15.2 Å². The van der Waals surface area contributed by atoms with Crippen LogP contribution in [0.15, 0.2) is 66.7 Å². The van der Waals surface area contributed by atoms with E-state index in [0.29, 0.717) is 5.56 Å². The van der Waals surface area contributed by atoms with Gasteiger partial charge < -0.3 is 5.11 Å². The minimum Gasteiger partial charge on any atom is -0.507 e. The Bertz CT molecular complexity index is 1130. The maximum absolute atomic E-state index is 11.0. The minimum atomic E-state index is -0.478. The van der Waals surface area contributed by atoms with Crippen molar-refractivity contribution >= 4 is 39.6 Å². The monoisotopic (exact) mass is 342 g/mol. The van der Waals surface area contributed by atoms with Gasteiger partial charge in [-0.3, -0.25) is 10.1 Å². The molecule has 0 saturated heterocycles. The van der Waals surface area contributed by atoms with Crippen LogP contribution >= 0.6 is 0 Å². The number of hydrogen-bond donors (Lipinski definition) is 1. The van der Waals surface area contributed by atoms with E-state index in [1.807, 2.05) is 54.6 Å². The normalized spacial score (nSPS) is 11.4. The Balaban J connectivity index is 1.92. The molecule has 5 heteroatoms. The van der Waals surface area contributed by atoms with E-state index in [2.05, 4.69) is 4.98 Å². The van der Waals surface area contributed by atoms with Gasteiger partial charge in [-0.1, -0.05) is 48.6 Å². The van der Waals surface area contributed by atoms with Crippen molar-refractivity contribution in [3.63, 3.8) is 0 Å². The Kier molecular flexibility index (Phi) is 3.82. The average molecular weight is 342 g/mol. The van der Waals surface area contributed by atoms with Crippen LogP contribution in [0.25, 0.3) is 34.0 Å². The fourth-order valence-electron chi connectivity index (χ4n) is 3.01. The standard InChI is InChI=1S/C21H14N2O3/c24-21-12-10-15(23(25)26)13-14(21)9-11-16-17-5-1-3-7-19(17)22-20-8-4-2-6-18(16)20/h1-13,24H/b11-9+. The van der Waals surface area contributed by atoms with Crippen molar-refractivity contribution < 1.29 is 10.0 Å². The first-order chi connectivity index (χ1) is 12.6. The molecule has 0 amide bonds. The number of nitro benzene ring substituents is 1. The molecule has 0 aliphatic heterocycles. The van der Waals surface area contributed by atoms with Crippen LogP contribution < -0.4 is 0 Å². The van der Waals surface area contributed by atoms with Crippen molar-refractivity contribution in [2.75, 3.05) is 0 Å². The molecule has 0 fully saturated rings. The number of nitrogens with zero attached hydrogens (tertiary/aromatic N) is 2. The molecule has 0 saturated carbocycles. The number of pyridine rings is 1. The summed E-state index contributed by atoms with van der Waals surface area (Å²) in [6.45, 7) is 0. The highest BCUT2D eigenvalue weighted by Crippen LogP contribution is 2.29. The molecule has 0 aliphatic rings. The molecule has 1 heterocycles. The zero-order valence-corrected chi connectivity index (χ0v) is 13.7. The molecule has 4 aromatic rings. The number of para-hydroxylation sites is 2. The summed E-state index contributed by atoms with van der Waals surface area (Å²) in [6.07, 6.45) is 3.56. The SMILES string of the molecule is O=[N+]([O-])c1ccc(O)c(/C=C/c2c3ccccc3nc3ccccc23)c1. The highest BCUT2D eigenvalue weighted by atomic mass is 16.6. The predicted octanol–water partition coefficient (Wildman–Crippen LogP) is 5.17. The molecule has 0 radical (unpaired) electrons. The van der Waals surface area contributed by atoms with Crippen molar-refractivity contribution in [1.29, 1.82) is 0 Å². The fraction of sp³-hybridized carbons (Fsp3) is 0. The fourth-order valence-corrected chi connectivity index (χ4v) is 3.01. The zero-order valence-electron chi connectivity index (χ0n) is 13.7. The molecular formula is C21H14N2O3. The third-order valence-corrected chi connectivity index (χ3v) is 4.28. The number of aromatic nitrogens is 1. The topological polar surface area (TPSA) is 76.3 Å². The predicted molar refractivity (Wildman–Crippen MR) is 103 cm³/mol. The van der Waals surface area contributed by atoms with E-state index in [0.717, 1.165) is 27.4 Å². The molecule has 0 atom stereocenters. The third kappa shape index (κ3) is 2.75. The summed E-state index contributed by atoms with van der Waals surface area (Å²) in [7, 11) is 0. The molecule has 4 rings (SSSR count). The quantitative estimate of drug-likeness (QED) is 0.316. The van der Waals surface area contributed by atoms with Gasteiger partial charge in [-0.2, -0.15) is 0 Å². The van der Waals surface area contributed by atoms with E-state index < -0.39 is 4.92 Å². The number of hydrogen-bond acceptors (Lipinski definition) is 4. The average Bonchev–Trinajstić information content (AvgIpc) is 2.66. The summed E-state index contributed by atoms with van der Waals surface area (Å²) in [4.78, 5) is 15.2. The van der Waals surface area contributed by atoms with E-state index in [4.69, 9.17) is 0 Å². The summed E-state index contributed by atoms with van der Waals surface area (Å²) >= 11 is 0. The Morgan fingerprint density at radius 3 is 2.12 bits per heavy atom. The summed E-state index contributed by atoms with van der Waals surface area (Å²) in [5, 5.41) is 23.0. The van der Waals surface area contributed by atoms with Crippen molar-refractivity contribution in [3.8, 4) is 5.75 Å². The summed E-state index contributed by atoms with van der Waals surface area (Å²) in [6, 6.07) is 19.6. The van der Waals surface area contributed by atoms with Crippen LogP contribution in [-0.2, 0) is 0 Å². The molecule has 126 valence electrons. The van der Waals surface area contributed by atoms with Gasteiger partial charge in [0, 0.05) is 28.5 Å². The van der Waals surface area contributed by atoms with Crippen molar-refractivity contribution in [2.24, 2.45) is 0 Å². The van der Waals surface area contributed by atoms with Crippen LogP contribution in [0.1, 0.15) is 11.1 Å². The van der Waals surface area contributed by atoms with E-state index >= 15 is 0 Å². The number of non-ortho nitro benzene ring substituents is 1. The first-order valence-electron chi connectivity index (χ1n) is 8.06. The smallest absolute Gasteiger partial charge is 0.270 e. The number of phenols is 1. The van der Waals surface area contributed by atoms with Gasteiger partial charge in [0.15, 0.2) is 0 Å². The summed E-state index contributed by atoms with van der Waals surface area (Å²) < 4.78 is 0. The lowest BCUT2D eigenvalue weighted by Crippen LogP contribution is -1.89. The molecule has 0 bridgehead atoms. The molecule has 26 heavy (non-hydrogen) atoms. The van der Waals surface area contributed by atoms with Gasteiger partial charge in [-0.05, 0) is 23.8 Å². The largest absolute Gasteiger partial charge is 0.507 e. The van der Waals surface area contributed by atoms with E-state index in [1.165, 1.54) is 18.2 Å². The highest BCUT2D eigenvalue weighted by molar-refractivity contribution is 6.04. The molecule has 1 N–H and O–H groups in total. The lowest BCUT2D eigenvalue weighted by atomic mass is 10.0. The van der Waals surface area contributed by atoms with Gasteiger partial charge >= 0.3 is 0 Å². The van der Waals surface area contributed by atoms with Crippen LogP contribution in [-0.4, -0.2) is 15.0 Å². The van der Waals surface area contributed by atoms with E-state index in [1.54, 1.807) is 6.08 Å². The number of nitro groups is 1. The van der Waals surface area contributed by atoms with Crippen LogP contribution in [0, 0.1) is 10.1 Å². The number of fused-ring (bicyclic) bond motifs is 2. The number of rotatable bonds is 3. The van der Waals surface area contributed by atoms with Crippen LogP contribution in [0.3, 0.4) is 0 Å². The molecule has 1 aromatic heterocycles. The number of phenolic OH excluding ortho intramolecular Hbond substituents is 1. The second-order valence-electron chi connectivity index (χ2n) is 5.89. The molecule has 0 unspecified atom stereocenters. The number of benzene rings is 3. The molecule has 0 aliphatic carbocycles.